The van der Waals surface area contributed by atoms with Gasteiger partial charge < -0.3 is 10.6 Å². The third kappa shape index (κ3) is 1.59. The second-order valence-corrected chi connectivity index (χ2v) is 5.26. The smallest absolute Gasteiger partial charge is 0.202 e. The Morgan fingerprint density at radius 1 is 1.22 bits per heavy atom. The molecule has 0 radical (unpaired) electrons. The molecule has 0 aliphatic carbocycles. The van der Waals surface area contributed by atoms with Gasteiger partial charge in [-0.2, -0.15) is 5.10 Å². The number of piperidine rings is 1. The van der Waals surface area contributed by atoms with Crippen molar-refractivity contribution < 1.29 is 0 Å². The van der Waals surface area contributed by atoms with E-state index in [1.165, 1.54) is 0 Å². The van der Waals surface area contributed by atoms with Gasteiger partial charge in [-0.25, -0.2) is 4.98 Å². The molecule has 98 valence electrons. The van der Waals surface area contributed by atoms with E-state index in [-0.39, 0.29) is 0 Å². The number of nitrogens with two attached hydrogens (primary N) is 1. The number of imidazole rings is 1. The maximum absolute atomic E-state index is 6.10. The molecule has 1 saturated heterocycles. The van der Waals surface area contributed by atoms with Crippen molar-refractivity contribution in [2.75, 3.05) is 25.9 Å². The molecule has 0 unspecified atom stereocenters. The van der Waals surface area contributed by atoms with Crippen molar-refractivity contribution in [3.63, 3.8) is 0 Å². The first-order chi connectivity index (χ1) is 8.58. The van der Waals surface area contributed by atoms with Gasteiger partial charge in [0.1, 0.15) is 5.52 Å². The van der Waals surface area contributed by atoms with Gasteiger partial charge in [0.15, 0.2) is 5.65 Å². The lowest BCUT2D eigenvalue weighted by molar-refractivity contribution is 0.224. The normalized spacial score (nSPS) is 18.8. The third-order valence-electron chi connectivity index (χ3n) is 3.92. The molecule has 6 heteroatoms. The number of hydrogen-bond donors (Lipinski definition) is 1. The molecule has 0 bridgehead atoms. The maximum atomic E-state index is 6.10. The number of aryl methyl sites for hydroxylation is 2. The minimum Gasteiger partial charge on any atom is -0.369 e. The zero-order valence-electron chi connectivity index (χ0n) is 11.2. The summed E-state index contributed by atoms with van der Waals surface area (Å²) >= 11 is 0. The van der Waals surface area contributed by atoms with Crippen LogP contribution in [-0.4, -0.2) is 44.4 Å². The van der Waals surface area contributed by atoms with Gasteiger partial charge in [-0.05, 0) is 39.9 Å². The van der Waals surface area contributed by atoms with Crippen LogP contribution < -0.4 is 5.73 Å². The van der Waals surface area contributed by atoms with Gasteiger partial charge in [-0.3, -0.25) is 9.25 Å². The second kappa shape index (κ2) is 3.98. The summed E-state index contributed by atoms with van der Waals surface area (Å²) in [7, 11) is 4.12. The molecule has 2 aromatic rings. The van der Waals surface area contributed by atoms with Crippen LogP contribution in [0.4, 0.5) is 5.95 Å². The average Bonchev–Trinajstić information content (AvgIpc) is 2.79. The van der Waals surface area contributed by atoms with Crippen molar-refractivity contribution in [1.82, 2.24) is 24.2 Å². The van der Waals surface area contributed by atoms with E-state index < -0.39 is 0 Å². The number of nitrogens with zero attached hydrogens (tertiary/aromatic N) is 5. The molecule has 1 aliphatic rings. The van der Waals surface area contributed by atoms with Gasteiger partial charge in [-0.15, -0.1) is 0 Å². The van der Waals surface area contributed by atoms with E-state index in [0.717, 1.165) is 42.8 Å². The number of hydrogen-bond acceptors (Lipinski definition) is 4. The van der Waals surface area contributed by atoms with E-state index >= 15 is 0 Å². The first-order valence-electron chi connectivity index (χ1n) is 6.43. The summed E-state index contributed by atoms with van der Waals surface area (Å²) in [6, 6.07) is 0.445. The molecule has 3 rings (SSSR count). The van der Waals surface area contributed by atoms with Crippen LogP contribution in [0.2, 0.25) is 0 Å². The summed E-state index contributed by atoms with van der Waals surface area (Å²) in [5.74, 6) is 0.621. The van der Waals surface area contributed by atoms with Crippen LogP contribution in [0.5, 0.6) is 0 Å². The predicted molar refractivity (Wildman–Crippen MR) is 71.4 cm³/mol. The largest absolute Gasteiger partial charge is 0.369 e. The molecule has 0 amide bonds. The molecule has 18 heavy (non-hydrogen) atoms. The molecule has 2 aromatic heterocycles. The Balaban J connectivity index is 2.08. The minimum atomic E-state index is 0.445. The summed E-state index contributed by atoms with van der Waals surface area (Å²) in [5.41, 5.74) is 9.04. The molecule has 0 aromatic carbocycles. The van der Waals surface area contributed by atoms with E-state index in [1.54, 1.807) is 0 Å². The van der Waals surface area contributed by atoms with Gasteiger partial charge >= 0.3 is 0 Å². The highest BCUT2D eigenvalue weighted by Gasteiger charge is 2.24. The number of aromatic nitrogens is 4. The van der Waals surface area contributed by atoms with E-state index in [0.29, 0.717) is 12.0 Å². The Hall–Kier alpha value is -1.56. The van der Waals surface area contributed by atoms with Crippen LogP contribution in [0.15, 0.2) is 0 Å². The molecular weight excluding hydrogens is 228 g/mol. The van der Waals surface area contributed by atoms with Crippen LogP contribution in [0.1, 0.15) is 24.6 Å². The van der Waals surface area contributed by atoms with Crippen molar-refractivity contribution in [2.45, 2.75) is 25.8 Å². The summed E-state index contributed by atoms with van der Waals surface area (Å²) in [5, 5.41) is 4.43. The van der Waals surface area contributed by atoms with Crippen LogP contribution in [0.3, 0.4) is 0 Å². The Bertz CT molecular complexity index is 573. The number of fused-ring (bicyclic) bond motifs is 1. The highest BCUT2D eigenvalue weighted by molar-refractivity contribution is 5.77. The molecule has 0 saturated carbocycles. The summed E-state index contributed by atoms with van der Waals surface area (Å²) in [4.78, 5) is 6.83. The SMILES string of the molecule is Cc1nn(C)c2c1nc(N)n2C1CCN(C)CC1. The topological polar surface area (TPSA) is 64.9 Å². The number of likely N-dealkylation sites (tertiary alicyclic amines) is 1. The Morgan fingerprint density at radius 2 is 1.89 bits per heavy atom. The molecule has 2 N–H and O–H groups in total. The average molecular weight is 248 g/mol. The minimum absolute atomic E-state index is 0.445. The fourth-order valence-electron chi connectivity index (χ4n) is 2.93. The quantitative estimate of drug-likeness (QED) is 0.815. The predicted octanol–water partition coefficient (Wildman–Crippen LogP) is 0.927. The summed E-state index contributed by atoms with van der Waals surface area (Å²) < 4.78 is 4.06. The molecule has 0 spiro atoms. The Morgan fingerprint density at radius 3 is 2.56 bits per heavy atom. The zero-order valence-corrected chi connectivity index (χ0v) is 11.2. The van der Waals surface area contributed by atoms with Crippen LogP contribution in [-0.2, 0) is 7.05 Å². The van der Waals surface area contributed by atoms with Gasteiger partial charge in [0.05, 0.1) is 5.69 Å². The summed E-state index contributed by atoms with van der Waals surface area (Å²) in [6.45, 7) is 4.20. The van der Waals surface area contributed by atoms with Gasteiger partial charge in [0.25, 0.3) is 0 Å². The number of nitrogen functional groups attached to an aromatic ring is 1. The van der Waals surface area contributed by atoms with Crippen molar-refractivity contribution in [3.8, 4) is 0 Å². The lowest BCUT2D eigenvalue weighted by Gasteiger charge is -2.30. The van der Waals surface area contributed by atoms with Crippen molar-refractivity contribution in [3.05, 3.63) is 5.69 Å². The van der Waals surface area contributed by atoms with Gasteiger partial charge in [0.2, 0.25) is 5.95 Å². The second-order valence-electron chi connectivity index (χ2n) is 5.26. The fraction of sp³-hybridized carbons (Fsp3) is 0.667. The van der Waals surface area contributed by atoms with Crippen molar-refractivity contribution >= 4 is 17.1 Å². The standard InChI is InChI=1S/C12H20N6/c1-8-10-11(17(3)15-8)18(12(13)14-10)9-4-6-16(2)7-5-9/h9H,4-7H2,1-3H3,(H2,13,14). The first kappa shape index (κ1) is 11.5. The lowest BCUT2D eigenvalue weighted by Crippen LogP contribution is -2.32. The highest BCUT2D eigenvalue weighted by Crippen LogP contribution is 2.30. The van der Waals surface area contributed by atoms with Crippen molar-refractivity contribution in [2.24, 2.45) is 7.05 Å². The summed E-state index contributed by atoms with van der Waals surface area (Å²) in [6.07, 6.45) is 2.24. The molecule has 0 atom stereocenters. The highest BCUT2D eigenvalue weighted by atomic mass is 15.4. The Labute approximate surface area is 106 Å². The molecule has 3 heterocycles. The monoisotopic (exact) mass is 248 g/mol. The maximum Gasteiger partial charge on any atom is 0.202 e. The van der Waals surface area contributed by atoms with Gasteiger partial charge in [-0.1, -0.05) is 0 Å². The zero-order chi connectivity index (χ0) is 12.9. The molecule has 1 aliphatic heterocycles. The van der Waals surface area contributed by atoms with Crippen molar-refractivity contribution in [1.29, 1.82) is 0 Å². The number of anilines is 1. The van der Waals surface area contributed by atoms with E-state index in [9.17, 15) is 0 Å². The first-order valence-corrected chi connectivity index (χ1v) is 6.43. The fourth-order valence-corrected chi connectivity index (χ4v) is 2.93. The van der Waals surface area contributed by atoms with Crippen LogP contribution in [0.25, 0.3) is 11.2 Å². The Kier molecular flexibility index (Phi) is 2.55. The van der Waals surface area contributed by atoms with Crippen LogP contribution in [0, 0.1) is 6.92 Å². The lowest BCUT2D eigenvalue weighted by atomic mass is 10.1. The third-order valence-corrected chi connectivity index (χ3v) is 3.92. The molecular formula is C12H20N6. The van der Waals surface area contributed by atoms with E-state index in [1.807, 2.05) is 18.7 Å². The number of rotatable bonds is 1. The van der Waals surface area contributed by atoms with E-state index in [4.69, 9.17) is 5.73 Å². The van der Waals surface area contributed by atoms with E-state index in [2.05, 4.69) is 26.6 Å². The molecule has 1 fully saturated rings. The van der Waals surface area contributed by atoms with Gasteiger partial charge in [0, 0.05) is 13.1 Å². The molecule has 6 nitrogen and oxygen atoms in total. The van der Waals surface area contributed by atoms with Crippen LogP contribution >= 0.6 is 0 Å².